The number of benzene rings is 1. The van der Waals surface area contributed by atoms with Gasteiger partial charge in [-0.25, -0.2) is 9.78 Å². The molecule has 0 unspecified atom stereocenters. The largest absolute Gasteiger partial charge is 0.370 e. The fraction of sp³-hybridized carbons (Fsp3) is 0.235. The lowest BCUT2D eigenvalue weighted by atomic mass is 10.1. The van der Waals surface area contributed by atoms with E-state index in [1.165, 1.54) is 0 Å². The zero-order valence-electron chi connectivity index (χ0n) is 12.6. The van der Waals surface area contributed by atoms with Crippen LogP contribution in [-0.4, -0.2) is 33.1 Å². The molecule has 0 amide bonds. The molecule has 3 heterocycles. The Hall–Kier alpha value is -2.89. The molecule has 0 spiro atoms. The van der Waals surface area contributed by atoms with Crippen molar-refractivity contribution in [1.82, 2.24) is 20.0 Å². The average molecular weight is 307 g/mol. The topological polar surface area (TPSA) is 66.8 Å². The van der Waals surface area contributed by atoms with E-state index in [9.17, 15) is 4.79 Å². The van der Waals surface area contributed by atoms with Crippen molar-refractivity contribution in [1.29, 1.82) is 0 Å². The van der Waals surface area contributed by atoms with Gasteiger partial charge in [0.05, 0.1) is 23.1 Å². The molecule has 1 saturated heterocycles. The monoisotopic (exact) mass is 307 g/mol. The van der Waals surface area contributed by atoms with Gasteiger partial charge in [-0.15, -0.1) is 0 Å². The van der Waals surface area contributed by atoms with Crippen LogP contribution in [-0.2, 0) is 0 Å². The number of anilines is 1. The van der Waals surface area contributed by atoms with Crippen LogP contribution in [0.3, 0.4) is 0 Å². The first-order valence-electron chi connectivity index (χ1n) is 7.76. The minimum absolute atomic E-state index is 0.160. The fourth-order valence-corrected chi connectivity index (χ4v) is 3.09. The molecule has 6 heteroatoms. The summed E-state index contributed by atoms with van der Waals surface area (Å²) in [6.07, 6.45) is 7.68. The van der Waals surface area contributed by atoms with Gasteiger partial charge in [-0.05, 0) is 36.6 Å². The molecule has 1 N–H and O–H groups in total. The predicted molar refractivity (Wildman–Crippen MR) is 88.9 cm³/mol. The number of hydrogen-bond donors (Lipinski definition) is 1. The van der Waals surface area contributed by atoms with Crippen molar-refractivity contribution in [3.63, 3.8) is 0 Å². The third-order valence-electron chi connectivity index (χ3n) is 4.19. The molecule has 6 nitrogen and oxygen atoms in total. The van der Waals surface area contributed by atoms with E-state index in [0.717, 1.165) is 42.9 Å². The summed E-state index contributed by atoms with van der Waals surface area (Å²) >= 11 is 0. The standard InChI is InChI=1S/C17H17N5O/c23-17-16(15(12-18-20-17)21-8-1-2-9-21)13-5-3-6-14(11-13)22-10-4-7-19-22/h3-7,10-12H,1-2,8-9H2,(H,20,23). The van der Waals surface area contributed by atoms with Gasteiger partial charge >= 0.3 is 0 Å². The van der Waals surface area contributed by atoms with E-state index in [2.05, 4.69) is 20.2 Å². The molecule has 3 aromatic rings. The molecular weight excluding hydrogens is 290 g/mol. The normalized spacial score (nSPS) is 14.3. The molecule has 0 saturated carbocycles. The van der Waals surface area contributed by atoms with Gasteiger partial charge in [-0.2, -0.15) is 10.2 Å². The summed E-state index contributed by atoms with van der Waals surface area (Å²) in [5, 5.41) is 10.8. The Morgan fingerprint density at radius 3 is 2.78 bits per heavy atom. The zero-order valence-corrected chi connectivity index (χ0v) is 12.6. The maximum absolute atomic E-state index is 12.4. The second-order valence-corrected chi connectivity index (χ2v) is 5.65. The van der Waals surface area contributed by atoms with E-state index in [-0.39, 0.29) is 5.56 Å². The van der Waals surface area contributed by atoms with Gasteiger partial charge in [0, 0.05) is 25.5 Å². The Bertz CT molecular complexity index is 863. The van der Waals surface area contributed by atoms with Crippen LogP contribution >= 0.6 is 0 Å². The van der Waals surface area contributed by atoms with Crippen LogP contribution in [0.15, 0.2) is 53.7 Å². The molecule has 0 radical (unpaired) electrons. The van der Waals surface area contributed by atoms with Crippen LogP contribution in [0, 0.1) is 0 Å². The Kier molecular flexibility index (Phi) is 3.42. The number of nitrogens with one attached hydrogen (secondary N) is 1. The summed E-state index contributed by atoms with van der Waals surface area (Å²) in [6.45, 7) is 1.94. The number of hydrogen-bond acceptors (Lipinski definition) is 4. The van der Waals surface area contributed by atoms with Gasteiger partial charge < -0.3 is 4.90 Å². The first-order valence-corrected chi connectivity index (χ1v) is 7.76. The van der Waals surface area contributed by atoms with Gasteiger partial charge in [-0.3, -0.25) is 4.79 Å². The van der Waals surface area contributed by atoms with Crippen molar-refractivity contribution in [2.45, 2.75) is 12.8 Å². The summed E-state index contributed by atoms with van der Waals surface area (Å²) in [6, 6.07) is 9.73. The van der Waals surface area contributed by atoms with Crippen LogP contribution in [0.25, 0.3) is 16.8 Å². The highest BCUT2D eigenvalue weighted by atomic mass is 16.1. The highest BCUT2D eigenvalue weighted by Crippen LogP contribution is 2.30. The first kappa shape index (κ1) is 13.8. The van der Waals surface area contributed by atoms with Gasteiger partial charge in [0.2, 0.25) is 0 Å². The minimum atomic E-state index is -0.160. The lowest BCUT2D eigenvalue weighted by molar-refractivity contribution is 0.880. The van der Waals surface area contributed by atoms with E-state index >= 15 is 0 Å². The molecule has 1 aliphatic rings. The Labute approximate surface area is 133 Å². The molecule has 1 aromatic carbocycles. The highest BCUT2D eigenvalue weighted by Gasteiger charge is 2.19. The Balaban J connectivity index is 1.85. The predicted octanol–water partition coefficient (Wildman–Crippen LogP) is 2.22. The number of nitrogens with zero attached hydrogens (tertiary/aromatic N) is 4. The van der Waals surface area contributed by atoms with Crippen LogP contribution < -0.4 is 10.5 Å². The highest BCUT2D eigenvalue weighted by molar-refractivity contribution is 5.78. The summed E-state index contributed by atoms with van der Waals surface area (Å²) in [4.78, 5) is 14.7. The summed E-state index contributed by atoms with van der Waals surface area (Å²) in [7, 11) is 0. The molecule has 0 aliphatic carbocycles. The molecule has 2 aromatic heterocycles. The summed E-state index contributed by atoms with van der Waals surface area (Å²) in [5.41, 5.74) is 3.23. The van der Waals surface area contributed by atoms with E-state index < -0.39 is 0 Å². The van der Waals surface area contributed by atoms with Crippen LogP contribution in [0.4, 0.5) is 5.69 Å². The van der Waals surface area contributed by atoms with Gasteiger partial charge in [0.1, 0.15) is 0 Å². The van der Waals surface area contributed by atoms with E-state index in [1.54, 1.807) is 17.1 Å². The quantitative estimate of drug-likeness (QED) is 0.806. The molecule has 116 valence electrons. The zero-order chi connectivity index (χ0) is 15.6. The Morgan fingerprint density at radius 1 is 1.13 bits per heavy atom. The molecule has 23 heavy (non-hydrogen) atoms. The van der Waals surface area contributed by atoms with Crippen LogP contribution in [0.2, 0.25) is 0 Å². The maximum Gasteiger partial charge on any atom is 0.274 e. The van der Waals surface area contributed by atoms with Crippen molar-refractivity contribution < 1.29 is 0 Å². The van der Waals surface area contributed by atoms with Crippen molar-refractivity contribution in [3.05, 3.63) is 59.3 Å². The van der Waals surface area contributed by atoms with Crippen molar-refractivity contribution >= 4 is 5.69 Å². The van der Waals surface area contributed by atoms with Crippen molar-refractivity contribution in [2.24, 2.45) is 0 Å². The first-order chi connectivity index (χ1) is 11.3. The van der Waals surface area contributed by atoms with Crippen molar-refractivity contribution in [3.8, 4) is 16.8 Å². The third-order valence-corrected chi connectivity index (χ3v) is 4.19. The molecule has 1 aliphatic heterocycles. The lowest BCUT2D eigenvalue weighted by Gasteiger charge is -2.20. The second-order valence-electron chi connectivity index (χ2n) is 5.65. The van der Waals surface area contributed by atoms with E-state index in [0.29, 0.717) is 5.56 Å². The molecule has 4 rings (SSSR count). The van der Waals surface area contributed by atoms with Crippen LogP contribution in [0.1, 0.15) is 12.8 Å². The number of rotatable bonds is 3. The summed E-state index contributed by atoms with van der Waals surface area (Å²) in [5.74, 6) is 0. The van der Waals surface area contributed by atoms with Crippen LogP contribution in [0.5, 0.6) is 0 Å². The van der Waals surface area contributed by atoms with Crippen molar-refractivity contribution in [2.75, 3.05) is 18.0 Å². The molecular formula is C17H17N5O. The number of H-pyrrole nitrogens is 1. The second kappa shape index (κ2) is 5.72. The maximum atomic E-state index is 12.4. The Morgan fingerprint density at radius 2 is 2.00 bits per heavy atom. The van der Waals surface area contributed by atoms with Gasteiger partial charge in [-0.1, -0.05) is 12.1 Å². The van der Waals surface area contributed by atoms with Gasteiger partial charge in [0.25, 0.3) is 5.56 Å². The lowest BCUT2D eigenvalue weighted by Crippen LogP contribution is -2.23. The van der Waals surface area contributed by atoms with Gasteiger partial charge in [0.15, 0.2) is 0 Å². The van der Waals surface area contributed by atoms with E-state index in [1.807, 2.05) is 36.5 Å². The minimum Gasteiger partial charge on any atom is -0.370 e. The molecule has 0 atom stereocenters. The smallest absolute Gasteiger partial charge is 0.274 e. The SMILES string of the molecule is O=c1[nH]ncc(N2CCCC2)c1-c1cccc(-n2cccn2)c1. The third kappa shape index (κ3) is 2.52. The fourth-order valence-electron chi connectivity index (χ4n) is 3.09. The number of aromatic nitrogens is 4. The number of aromatic amines is 1. The summed E-state index contributed by atoms with van der Waals surface area (Å²) < 4.78 is 1.79. The molecule has 0 bridgehead atoms. The van der Waals surface area contributed by atoms with E-state index in [4.69, 9.17) is 0 Å². The average Bonchev–Trinajstić information content (AvgIpc) is 3.28. The molecule has 1 fully saturated rings.